The summed E-state index contributed by atoms with van der Waals surface area (Å²) in [4.78, 5) is 24.2. The zero-order valence-electron chi connectivity index (χ0n) is 18.2. The van der Waals surface area contributed by atoms with Crippen molar-refractivity contribution in [3.05, 3.63) is 47.0 Å². The van der Waals surface area contributed by atoms with Gasteiger partial charge in [0.25, 0.3) is 0 Å². The zero-order chi connectivity index (χ0) is 21.9. The summed E-state index contributed by atoms with van der Waals surface area (Å²) in [5.41, 5.74) is 15.0. The van der Waals surface area contributed by atoms with Crippen LogP contribution in [0.1, 0.15) is 60.9 Å². The molecule has 1 saturated carbocycles. The third-order valence-electron chi connectivity index (χ3n) is 6.58. The normalized spacial score (nSPS) is 18.6. The van der Waals surface area contributed by atoms with Crippen molar-refractivity contribution >= 4 is 22.7 Å². The van der Waals surface area contributed by atoms with Crippen molar-refractivity contribution in [1.82, 2.24) is 29.9 Å². The Morgan fingerprint density at radius 1 is 1.26 bits per heavy atom. The molecule has 4 aromatic rings. The summed E-state index contributed by atoms with van der Waals surface area (Å²) in [7, 11) is 0. The van der Waals surface area contributed by atoms with Crippen molar-refractivity contribution in [3.8, 4) is 11.3 Å². The summed E-state index contributed by atoms with van der Waals surface area (Å²) in [5.74, 6) is 0.637. The predicted molar refractivity (Wildman–Crippen MR) is 120 cm³/mol. The van der Waals surface area contributed by atoms with Gasteiger partial charge in [0.05, 0.1) is 16.7 Å². The smallest absolute Gasteiger partial charge is 0.312 e. The number of nitrogens with one attached hydrogen (secondary N) is 2. The van der Waals surface area contributed by atoms with Crippen LogP contribution >= 0.6 is 0 Å². The second kappa shape index (κ2) is 7.08. The lowest BCUT2D eigenvalue weighted by Crippen LogP contribution is -2.45. The van der Waals surface area contributed by atoms with E-state index in [2.05, 4.69) is 60.2 Å². The van der Waals surface area contributed by atoms with Crippen LogP contribution in [0.4, 0.5) is 4.79 Å². The van der Waals surface area contributed by atoms with E-state index in [4.69, 9.17) is 10.7 Å². The third kappa shape index (κ3) is 3.13. The van der Waals surface area contributed by atoms with Crippen LogP contribution in [0.3, 0.4) is 0 Å². The lowest BCUT2D eigenvalue weighted by atomic mass is 9.78. The van der Waals surface area contributed by atoms with Crippen LogP contribution in [0.5, 0.6) is 0 Å². The molecule has 0 radical (unpaired) electrons. The Labute approximate surface area is 180 Å². The van der Waals surface area contributed by atoms with Crippen molar-refractivity contribution in [1.29, 1.82) is 0 Å². The fraction of sp³-hybridized carbons (Fsp3) is 0.391. The molecule has 0 unspecified atom stereocenters. The molecule has 0 aromatic carbocycles. The molecule has 1 aliphatic rings. The number of aromatic amines is 1. The Morgan fingerprint density at radius 2 is 2.03 bits per heavy atom. The fourth-order valence-corrected chi connectivity index (χ4v) is 4.74. The molecule has 4 N–H and O–H groups in total. The minimum Gasteiger partial charge on any atom is -0.353 e. The molecule has 1 fully saturated rings. The molecule has 4 heterocycles. The summed E-state index contributed by atoms with van der Waals surface area (Å²) < 4.78 is 1.84. The van der Waals surface area contributed by atoms with Gasteiger partial charge >= 0.3 is 6.03 Å². The summed E-state index contributed by atoms with van der Waals surface area (Å²) in [6.45, 7) is 8.62. The van der Waals surface area contributed by atoms with Crippen molar-refractivity contribution in [2.45, 2.75) is 58.4 Å². The average molecular weight is 418 g/mol. The van der Waals surface area contributed by atoms with E-state index in [1.165, 1.54) is 11.1 Å². The SMILES string of the molecule is Cc1c(-c2[nH]c3ccc(C4CC(NC(N)=O)C4)nc3c2C(C)C)cn2ncnc2c1C. The van der Waals surface area contributed by atoms with E-state index in [-0.39, 0.29) is 6.04 Å². The Balaban J connectivity index is 1.60. The zero-order valence-corrected chi connectivity index (χ0v) is 18.2. The number of nitrogens with zero attached hydrogens (tertiary/aromatic N) is 4. The van der Waals surface area contributed by atoms with Gasteiger partial charge in [0.2, 0.25) is 0 Å². The summed E-state index contributed by atoms with van der Waals surface area (Å²) in [6.07, 6.45) is 5.38. The Kier molecular flexibility index (Phi) is 4.46. The predicted octanol–water partition coefficient (Wildman–Crippen LogP) is 3.93. The summed E-state index contributed by atoms with van der Waals surface area (Å²) in [5, 5.41) is 7.14. The van der Waals surface area contributed by atoms with Crippen molar-refractivity contribution < 1.29 is 4.79 Å². The highest BCUT2D eigenvalue weighted by Gasteiger charge is 2.32. The molecule has 8 nitrogen and oxygen atoms in total. The number of aromatic nitrogens is 5. The van der Waals surface area contributed by atoms with Crippen LogP contribution in [-0.4, -0.2) is 36.6 Å². The van der Waals surface area contributed by atoms with Crippen molar-refractivity contribution in [2.24, 2.45) is 5.73 Å². The lowest BCUT2D eigenvalue weighted by molar-refractivity contribution is 0.230. The number of urea groups is 1. The van der Waals surface area contributed by atoms with Gasteiger partial charge in [-0.15, -0.1) is 0 Å². The maximum Gasteiger partial charge on any atom is 0.312 e. The fourth-order valence-electron chi connectivity index (χ4n) is 4.74. The van der Waals surface area contributed by atoms with E-state index in [0.717, 1.165) is 52.0 Å². The van der Waals surface area contributed by atoms with Crippen LogP contribution in [0.2, 0.25) is 0 Å². The van der Waals surface area contributed by atoms with Gasteiger partial charge in [-0.05, 0) is 55.9 Å². The minimum atomic E-state index is -0.459. The van der Waals surface area contributed by atoms with Crippen molar-refractivity contribution in [2.75, 3.05) is 0 Å². The highest BCUT2D eigenvalue weighted by molar-refractivity contribution is 5.89. The second-order valence-electron chi connectivity index (χ2n) is 8.90. The molecule has 160 valence electrons. The first kappa shape index (κ1) is 19.5. The largest absolute Gasteiger partial charge is 0.353 e. The van der Waals surface area contributed by atoms with E-state index in [9.17, 15) is 4.79 Å². The standard InChI is InChI=1S/C23H27N7O/c1-11(2)19-20(16-9-30-22(25-10-26-30)13(4)12(16)3)29-18-6-5-17(28-21(18)19)14-7-15(8-14)27-23(24)31/h5-6,9-11,14-15,29H,7-8H2,1-4H3,(H3,24,27,31). The first-order valence-corrected chi connectivity index (χ1v) is 10.7. The molecule has 2 amide bonds. The van der Waals surface area contributed by atoms with Gasteiger partial charge in [-0.1, -0.05) is 13.8 Å². The van der Waals surface area contributed by atoms with E-state index in [1.54, 1.807) is 6.33 Å². The van der Waals surface area contributed by atoms with E-state index < -0.39 is 6.03 Å². The molecular weight excluding hydrogens is 390 g/mol. The van der Waals surface area contributed by atoms with Crippen molar-refractivity contribution in [3.63, 3.8) is 0 Å². The molecule has 0 bridgehead atoms. The number of carbonyl (C=O) groups excluding carboxylic acids is 1. The molecular formula is C23H27N7O. The van der Waals surface area contributed by atoms with Crippen LogP contribution in [0.15, 0.2) is 24.7 Å². The Morgan fingerprint density at radius 3 is 2.74 bits per heavy atom. The van der Waals surface area contributed by atoms with Gasteiger partial charge in [-0.2, -0.15) is 5.10 Å². The number of nitrogens with two attached hydrogens (primary N) is 1. The molecule has 8 heteroatoms. The number of aryl methyl sites for hydroxylation is 1. The Bertz CT molecular complexity index is 1310. The number of hydrogen-bond acceptors (Lipinski definition) is 4. The quantitative estimate of drug-likeness (QED) is 0.467. The number of pyridine rings is 2. The minimum absolute atomic E-state index is 0.145. The van der Waals surface area contributed by atoms with E-state index in [0.29, 0.717) is 11.8 Å². The molecule has 5 rings (SSSR count). The number of hydrogen-bond donors (Lipinski definition) is 3. The first-order valence-electron chi connectivity index (χ1n) is 10.7. The van der Waals surface area contributed by atoms with Gasteiger partial charge in [0, 0.05) is 35.0 Å². The highest BCUT2D eigenvalue weighted by Crippen LogP contribution is 2.40. The molecule has 0 spiro atoms. The number of rotatable bonds is 4. The van der Waals surface area contributed by atoms with Crippen LogP contribution < -0.4 is 11.1 Å². The lowest BCUT2D eigenvalue weighted by Gasteiger charge is -2.35. The molecule has 0 atom stereocenters. The molecule has 4 aromatic heterocycles. The van der Waals surface area contributed by atoms with Gasteiger partial charge < -0.3 is 16.0 Å². The second-order valence-corrected chi connectivity index (χ2v) is 8.90. The number of fused-ring (bicyclic) bond motifs is 2. The maximum atomic E-state index is 11.1. The number of primary amides is 1. The summed E-state index contributed by atoms with van der Waals surface area (Å²) >= 11 is 0. The van der Waals surface area contributed by atoms with Gasteiger partial charge in [-0.25, -0.2) is 14.3 Å². The molecule has 31 heavy (non-hydrogen) atoms. The topological polar surface area (TPSA) is 114 Å². The number of amides is 2. The van der Waals surface area contributed by atoms with Gasteiger partial charge in [0.1, 0.15) is 6.33 Å². The monoisotopic (exact) mass is 417 g/mol. The van der Waals surface area contributed by atoms with Crippen LogP contribution in [-0.2, 0) is 0 Å². The van der Waals surface area contributed by atoms with Crippen LogP contribution in [0.25, 0.3) is 27.9 Å². The van der Waals surface area contributed by atoms with Gasteiger partial charge in [-0.3, -0.25) is 4.98 Å². The van der Waals surface area contributed by atoms with Gasteiger partial charge in [0.15, 0.2) is 5.65 Å². The Hall–Kier alpha value is -3.42. The molecule has 0 aliphatic heterocycles. The average Bonchev–Trinajstić information content (AvgIpc) is 3.30. The maximum absolute atomic E-state index is 11.1. The van der Waals surface area contributed by atoms with E-state index >= 15 is 0 Å². The molecule has 0 saturated heterocycles. The number of H-pyrrole nitrogens is 1. The van der Waals surface area contributed by atoms with E-state index in [1.807, 2.05) is 10.7 Å². The first-order chi connectivity index (χ1) is 14.8. The number of carbonyl (C=O) groups is 1. The third-order valence-corrected chi connectivity index (χ3v) is 6.58. The van der Waals surface area contributed by atoms with Crippen LogP contribution in [0, 0.1) is 13.8 Å². The summed E-state index contributed by atoms with van der Waals surface area (Å²) in [6, 6.07) is 3.90. The molecule has 1 aliphatic carbocycles. The highest BCUT2D eigenvalue weighted by atomic mass is 16.2.